The van der Waals surface area contributed by atoms with Crippen molar-refractivity contribution in [2.75, 3.05) is 6.54 Å². The second-order valence-corrected chi connectivity index (χ2v) is 8.23. The standard InChI is InChI=1S/C21H29N3O4/c1-13(2)11-21(12-14(3)4,20(28)23-22)17(25)9-10-24-18(26)15-7-5-6-8-16(15)19(24)27/h5-8,13-14H,9-12,22H2,1-4H3,(H,23,28). The van der Waals surface area contributed by atoms with E-state index < -0.39 is 23.1 Å². The maximum absolute atomic E-state index is 13.2. The molecule has 0 saturated carbocycles. The Kier molecular flexibility index (Phi) is 6.72. The molecule has 3 N–H and O–H groups in total. The van der Waals surface area contributed by atoms with Crippen molar-refractivity contribution in [1.29, 1.82) is 0 Å². The quantitative estimate of drug-likeness (QED) is 0.222. The average Bonchev–Trinajstić information content (AvgIpc) is 2.88. The number of nitrogens with two attached hydrogens (primary N) is 1. The fraction of sp³-hybridized carbons (Fsp3) is 0.524. The summed E-state index contributed by atoms with van der Waals surface area (Å²) in [6.07, 6.45) is 0.628. The molecule has 0 fully saturated rings. The molecule has 0 radical (unpaired) electrons. The van der Waals surface area contributed by atoms with Crippen LogP contribution >= 0.6 is 0 Å². The molecule has 0 spiro atoms. The molecule has 2 rings (SSSR count). The summed E-state index contributed by atoms with van der Waals surface area (Å²) < 4.78 is 0. The summed E-state index contributed by atoms with van der Waals surface area (Å²) in [5.41, 5.74) is 1.57. The second-order valence-electron chi connectivity index (χ2n) is 8.23. The number of nitrogens with zero attached hydrogens (tertiary/aromatic N) is 1. The van der Waals surface area contributed by atoms with Crippen LogP contribution < -0.4 is 11.3 Å². The number of ketones is 1. The van der Waals surface area contributed by atoms with Crippen molar-refractivity contribution >= 4 is 23.5 Å². The Hall–Kier alpha value is -2.54. The highest BCUT2D eigenvalue weighted by Gasteiger charge is 2.46. The van der Waals surface area contributed by atoms with Crippen molar-refractivity contribution < 1.29 is 19.2 Å². The van der Waals surface area contributed by atoms with E-state index in [-0.39, 0.29) is 30.6 Å². The van der Waals surface area contributed by atoms with Gasteiger partial charge >= 0.3 is 0 Å². The van der Waals surface area contributed by atoms with Crippen LogP contribution in [0.5, 0.6) is 0 Å². The lowest BCUT2D eigenvalue weighted by Crippen LogP contribution is -2.51. The number of rotatable bonds is 9. The Morgan fingerprint density at radius 1 is 1.00 bits per heavy atom. The van der Waals surface area contributed by atoms with Gasteiger partial charge in [-0.15, -0.1) is 0 Å². The van der Waals surface area contributed by atoms with Crippen molar-refractivity contribution in [3.05, 3.63) is 35.4 Å². The summed E-state index contributed by atoms with van der Waals surface area (Å²) >= 11 is 0. The summed E-state index contributed by atoms with van der Waals surface area (Å²) in [6, 6.07) is 6.59. The Labute approximate surface area is 165 Å². The van der Waals surface area contributed by atoms with Gasteiger partial charge in [0.05, 0.1) is 11.1 Å². The number of hydrazine groups is 1. The van der Waals surface area contributed by atoms with Crippen LogP contribution in [0, 0.1) is 17.3 Å². The van der Waals surface area contributed by atoms with Gasteiger partial charge in [-0.25, -0.2) is 5.84 Å². The number of carbonyl (C=O) groups excluding carboxylic acids is 4. The first kappa shape index (κ1) is 21.8. The van der Waals surface area contributed by atoms with Crippen LogP contribution in [0.25, 0.3) is 0 Å². The molecule has 0 atom stereocenters. The lowest BCUT2D eigenvalue weighted by molar-refractivity contribution is -0.145. The van der Waals surface area contributed by atoms with E-state index in [9.17, 15) is 19.2 Å². The van der Waals surface area contributed by atoms with Gasteiger partial charge in [-0.2, -0.15) is 0 Å². The normalized spacial score (nSPS) is 14.0. The number of fused-ring (bicyclic) bond motifs is 1. The van der Waals surface area contributed by atoms with Crippen molar-refractivity contribution in [3.63, 3.8) is 0 Å². The van der Waals surface area contributed by atoms with E-state index in [0.29, 0.717) is 24.0 Å². The van der Waals surface area contributed by atoms with Crippen LogP contribution in [0.1, 0.15) is 67.7 Å². The van der Waals surface area contributed by atoms with Crippen molar-refractivity contribution in [2.45, 2.75) is 47.0 Å². The minimum Gasteiger partial charge on any atom is -0.298 e. The van der Waals surface area contributed by atoms with Crippen LogP contribution in [0.2, 0.25) is 0 Å². The third-order valence-electron chi connectivity index (χ3n) is 5.05. The SMILES string of the molecule is CC(C)CC(CC(C)C)(C(=O)CCN1C(=O)c2ccccc2C1=O)C(=O)NN. The molecule has 0 aromatic heterocycles. The van der Waals surface area contributed by atoms with Crippen LogP contribution in [-0.4, -0.2) is 34.9 Å². The number of benzene rings is 1. The maximum Gasteiger partial charge on any atom is 0.261 e. The highest BCUT2D eigenvalue weighted by atomic mass is 16.2. The zero-order chi connectivity index (χ0) is 21.1. The lowest BCUT2D eigenvalue weighted by atomic mass is 9.69. The lowest BCUT2D eigenvalue weighted by Gasteiger charge is -2.34. The number of carbonyl (C=O) groups is 4. The van der Waals surface area contributed by atoms with E-state index in [1.165, 1.54) is 0 Å². The van der Waals surface area contributed by atoms with Gasteiger partial charge in [-0.1, -0.05) is 39.8 Å². The van der Waals surface area contributed by atoms with Gasteiger partial charge in [0.1, 0.15) is 11.2 Å². The largest absolute Gasteiger partial charge is 0.298 e. The zero-order valence-corrected chi connectivity index (χ0v) is 17.0. The smallest absolute Gasteiger partial charge is 0.261 e. The fourth-order valence-electron chi connectivity index (χ4n) is 4.05. The van der Waals surface area contributed by atoms with E-state index >= 15 is 0 Å². The Morgan fingerprint density at radius 2 is 1.46 bits per heavy atom. The summed E-state index contributed by atoms with van der Waals surface area (Å²) in [7, 11) is 0. The third kappa shape index (κ3) is 4.14. The summed E-state index contributed by atoms with van der Waals surface area (Å²) in [5.74, 6) is 3.97. The fourth-order valence-corrected chi connectivity index (χ4v) is 4.05. The van der Waals surface area contributed by atoms with Gasteiger partial charge in [-0.3, -0.25) is 29.5 Å². The molecule has 3 amide bonds. The minimum atomic E-state index is -1.27. The van der Waals surface area contributed by atoms with Gasteiger partial charge in [-0.05, 0) is 36.8 Å². The van der Waals surface area contributed by atoms with Crippen LogP contribution in [0.15, 0.2) is 24.3 Å². The van der Waals surface area contributed by atoms with E-state index in [2.05, 4.69) is 5.43 Å². The van der Waals surface area contributed by atoms with Gasteiger partial charge in [0, 0.05) is 13.0 Å². The number of nitrogens with one attached hydrogen (secondary N) is 1. The van der Waals surface area contributed by atoms with Crippen molar-refractivity contribution in [3.8, 4) is 0 Å². The molecule has 1 aromatic rings. The highest BCUT2D eigenvalue weighted by Crippen LogP contribution is 2.36. The number of amides is 3. The third-order valence-corrected chi connectivity index (χ3v) is 5.05. The molecule has 1 aliphatic heterocycles. The maximum atomic E-state index is 13.2. The molecule has 0 unspecified atom stereocenters. The first-order chi connectivity index (χ1) is 13.1. The summed E-state index contributed by atoms with van der Waals surface area (Å²) in [4.78, 5) is 52.0. The summed E-state index contributed by atoms with van der Waals surface area (Å²) in [5, 5.41) is 0. The van der Waals surface area contributed by atoms with Crippen LogP contribution in [0.3, 0.4) is 0 Å². The monoisotopic (exact) mass is 387 g/mol. The predicted molar refractivity (Wildman–Crippen MR) is 105 cm³/mol. The predicted octanol–water partition coefficient (Wildman–Crippen LogP) is 2.31. The first-order valence-corrected chi connectivity index (χ1v) is 9.63. The van der Waals surface area contributed by atoms with E-state index in [1.807, 2.05) is 27.7 Å². The Balaban J connectivity index is 2.23. The molecule has 152 valence electrons. The topological polar surface area (TPSA) is 110 Å². The number of Topliss-reactive ketones (excluding diaryl/α,β-unsaturated/α-hetero) is 1. The van der Waals surface area contributed by atoms with E-state index in [0.717, 1.165) is 4.90 Å². The molecule has 1 aromatic carbocycles. The second kappa shape index (κ2) is 8.65. The molecule has 28 heavy (non-hydrogen) atoms. The zero-order valence-electron chi connectivity index (χ0n) is 17.0. The molecule has 1 heterocycles. The Morgan fingerprint density at radius 3 is 1.86 bits per heavy atom. The summed E-state index contributed by atoms with van der Waals surface area (Å²) in [6.45, 7) is 7.71. The molecule has 0 aliphatic carbocycles. The molecule has 0 saturated heterocycles. The minimum absolute atomic E-state index is 0.0546. The molecule has 0 bridgehead atoms. The Bertz CT molecular complexity index is 741. The number of imide groups is 1. The van der Waals surface area contributed by atoms with Gasteiger partial charge < -0.3 is 0 Å². The number of hydrogen-bond donors (Lipinski definition) is 2. The molecule has 7 nitrogen and oxygen atoms in total. The van der Waals surface area contributed by atoms with Crippen LogP contribution in [0.4, 0.5) is 0 Å². The molecular formula is C21H29N3O4. The highest BCUT2D eigenvalue weighted by molar-refractivity contribution is 6.21. The van der Waals surface area contributed by atoms with Crippen molar-refractivity contribution in [1.82, 2.24) is 10.3 Å². The first-order valence-electron chi connectivity index (χ1n) is 9.63. The van der Waals surface area contributed by atoms with Crippen molar-refractivity contribution in [2.24, 2.45) is 23.1 Å². The molecule has 1 aliphatic rings. The van der Waals surface area contributed by atoms with E-state index in [4.69, 9.17) is 5.84 Å². The average molecular weight is 387 g/mol. The number of hydrogen-bond acceptors (Lipinski definition) is 5. The van der Waals surface area contributed by atoms with E-state index in [1.54, 1.807) is 24.3 Å². The molecule has 7 heteroatoms. The van der Waals surface area contributed by atoms with Gasteiger partial charge in [0.2, 0.25) is 5.91 Å². The van der Waals surface area contributed by atoms with Gasteiger partial charge in [0.25, 0.3) is 11.8 Å². The van der Waals surface area contributed by atoms with Gasteiger partial charge in [0.15, 0.2) is 0 Å². The molecular weight excluding hydrogens is 358 g/mol. The van der Waals surface area contributed by atoms with Crippen LogP contribution in [-0.2, 0) is 9.59 Å².